The van der Waals surface area contributed by atoms with Crippen molar-refractivity contribution in [3.63, 3.8) is 0 Å². The largest absolute Gasteiger partial charge is 0.480 e. The Morgan fingerprint density at radius 2 is 1.83 bits per heavy atom. The van der Waals surface area contributed by atoms with E-state index in [0.717, 1.165) is 5.56 Å². The molecule has 2 aromatic carbocycles. The SMILES string of the molecule is N[C@@H](Cc1cccc(Oc2ccc(C(=O)NO)cc2)c1)C(=O)O. The Morgan fingerprint density at radius 3 is 2.43 bits per heavy atom. The van der Waals surface area contributed by atoms with Crippen molar-refractivity contribution in [3.05, 3.63) is 59.7 Å². The van der Waals surface area contributed by atoms with Crippen LogP contribution in [0.25, 0.3) is 0 Å². The summed E-state index contributed by atoms with van der Waals surface area (Å²) in [7, 11) is 0. The van der Waals surface area contributed by atoms with Crippen LogP contribution < -0.4 is 16.0 Å². The van der Waals surface area contributed by atoms with Gasteiger partial charge in [0.1, 0.15) is 17.5 Å². The molecule has 0 spiro atoms. The number of carboxylic acids is 1. The number of nitrogens with one attached hydrogen (secondary N) is 1. The fourth-order valence-electron chi connectivity index (χ4n) is 1.95. The van der Waals surface area contributed by atoms with Gasteiger partial charge >= 0.3 is 5.97 Å². The Kier molecular flexibility index (Phi) is 5.29. The third-order valence-corrected chi connectivity index (χ3v) is 3.13. The van der Waals surface area contributed by atoms with E-state index in [1.54, 1.807) is 41.9 Å². The minimum atomic E-state index is -1.06. The summed E-state index contributed by atoms with van der Waals surface area (Å²) in [6.45, 7) is 0. The minimum Gasteiger partial charge on any atom is -0.480 e. The van der Waals surface area contributed by atoms with Crippen LogP contribution in [0.1, 0.15) is 15.9 Å². The molecule has 2 aromatic rings. The number of ether oxygens (including phenoxy) is 1. The summed E-state index contributed by atoms with van der Waals surface area (Å²) in [4.78, 5) is 22.0. The van der Waals surface area contributed by atoms with Gasteiger partial charge in [-0.05, 0) is 48.4 Å². The predicted molar refractivity (Wildman–Crippen MR) is 81.5 cm³/mol. The molecule has 120 valence electrons. The van der Waals surface area contributed by atoms with Crippen molar-refractivity contribution in [2.24, 2.45) is 5.73 Å². The van der Waals surface area contributed by atoms with Crippen LogP contribution in [0.3, 0.4) is 0 Å². The highest BCUT2D eigenvalue weighted by Gasteiger charge is 2.12. The Morgan fingerprint density at radius 1 is 1.13 bits per heavy atom. The number of hydrogen-bond acceptors (Lipinski definition) is 5. The Labute approximate surface area is 132 Å². The lowest BCUT2D eigenvalue weighted by Gasteiger charge is -2.10. The third-order valence-electron chi connectivity index (χ3n) is 3.13. The smallest absolute Gasteiger partial charge is 0.320 e. The highest BCUT2D eigenvalue weighted by Crippen LogP contribution is 2.23. The van der Waals surface area contributed by atoms with Crippen LogP contribution in [0.2, 0.25) is 0 Å². The van der Waals surface area contributed by atoms with E-state index in [-0.39, 0.29) is 6.42 Å². The second kappa shape index (κ2) is 7.39. The number of hydroxylamine groups is 1. The molecular formula is C16H16N2O5. The van der Waals surface area contributed by atoms with Crippen molar-refractivity contribution in [2.45, 2.75) is 12.5 Å². The number of aliphatic carboxylic acids is 1. The fraction of sp³-hybridized carbons (Fsp3) is 0.125. The highest BCUT2D eigenvalue weighted by atomic mass is 16.5. The Balaban J connectivity index is 2.08. The molecule has 0 heterocycles. The molecule has 7 nitrogen and oxygen atoms in total. The first kappa shape index (κ1) is 16.5. The maximum absolute atomic E-state index is 11.2. The molecule has 0 fully saturated rings. The lowest BCUT2D eigenvalue weighted by molar-refractivity contribution is -0.138. The maximum Gasteiger partial charge on any atom is 0.320 e. The number of hydrogen-bond donors (Lipinski definition) is 4. The molecule has 7 heteroatoms. The number of nitrogens with two attached hydrogens (primary N) is 1. The van der Waals surface area contributed by atoms with Gasteiger partial charge in [0.05, 0.1) is 0 Å². The molecule has 23 heavy (non-hydrogen) atoms. The number of carbonyl (C=O) groups is 2. The van der Waals surface area contributed by atoms with Gasteiger partial charge in [-0.1, -0.05) is 12.1 Å². The summed E-state index contributed by atoms with van der Waals surface area (Å²) in [6, 6.07) is 12.1. The number of amides is 1. The van der Waals surface area contributed by atoms with Crippen LogP contribution in [0.15, 0.2) is 48.5 Å². The third kappa shape index (κ3) is 4.53. The van der Waals surface area contributed by atoms with Crippen LogP contribution in [0.5, 0.6) is 11.5 Å². The van der Waals surface area contributed by atoms with E-state index in [4.69, 9.17) is 20.8 Å². The minimum absolute atomic E-state index is 0.197. The van der Waals surface area contributed by atoms with Gasteiger partial charge in [-0.2, -0.15) is 0 Å². The second-order valence-corrected chi connectivity index (χ2v) is 4.86. The molecule has 0 saturated carbocycles. The van der Waals surface area contributed by atoms with Crippen molar-refractivity contribution >= 4 is 11.9 Å². The van der Waals surface area contributed by atoms with Crippen molar-refractivity contribution in [2.75, 3.05) is 0 Å². The fourth-order valence-corrected chi connectivity index (χ4v) is 1.95. The van der Waals surface area contributed by atoms with Crippen molar-refractivity contribution < 1.29 is 24.6 Å². The summed E-state index contributed by atoms with van der Waals surface area (Å²) < 4.78 is 5.65. The van der Waals surface area contributed by atoms with E-state index < -0.39 is 17.9 Å². The molecule has 0 unspecified atom stereocenters. The van der Waals surface area contributed by atoms with Crippen LogP contribution >= 0.6 is 0 Å². The average Bonchev–Trinajstić information content (AvgIpc) is 2.55. The highest BCUT2D eigenvalue weighted by molar-refractivity contribution is 5.93. The van der Waals surface area contributed by atoms with Gasteiger partial charge in [-0.3, -0.25) is 14.8 Å². The van der Waals surface area contributed by atoms with Gasteiger partial charge in [-0.15, -0.1) is 0 Å². The maximum atomic E-state index is 11.2. The van der Waals surface area contributed by atoms with Gasteiger partial charge in [0.25, 0.3) is 5.91 Å². The zero-order valence-corrected chi connectivity index (χ0v) is 12.1. The van der Waals surface area contributed by atoms with Gasteiger partial charge < -0.3 is 15.6 Å². The molecule has 2 rings (SSSR count). The van der Waals surface area contributed by atoms with Crippen LogP contribution in [0.4, 0.5) is 0 Å². The van der Waals surface area contributed by atoms with E-state index in [0.29, 0.717) is 17.1 Å². The molecule has 0 aromatic heterocycles. The molecule has 0 aliphatic carbocycles. The quantitative estimate of drug-likeness (QED) is 0.474. The average molecular weight is 316 g/mol. The standard InChI is InChI=1S/C16H16N2O5/c17-14(16(20)21)9-10-2-1-3-13(8-10)23-12-6-4-11(5-7-12)15(19)18-22/h1-8,14,22H,9,17H2,(H,18,19)(H,20,21)/t14-/m0/s1. The summed E-state index contributed by atoms with van der Waals surface area (Å²) >= 11 is 0. The summed E-state index contributed by atoms with van der Waals surface area (Å²) in [5.74, 6) is -0.645. The molecule has 0 saturated heterocycles. The molecule has 0 aliphatic rings. The van der Waals surface area contributed by atoms with Crippen LogP contribution in [-0.4, -0.2) is 28.2 Å². The zero-order chi connectivity index (χ0) is 16.8. The second-order valence-electron chi connectivity index (χ2n) is 4.86. The summed E-state index contributed by atoms with van der Waals surface area (Å²) in [6.07, 6.45) is 0.197. The van der Waals surface area contributed by atoms with Gasteiger partial charge in [-0.25, -0.2) is 5.48 Å². The normalized spacial score (nSPS) is 11.6. The van der Waals surface area contributed by atoms with E-state index >= 15 is 0 Å². The Hall–Kier alpha value is -2.90. The molecule has 0 aliphatic heterocycles. The van der Waals surface area contributed by atoms with Gasteiger partial charge in [0.2, 0.25) is 0 Å². The van der Waals surface area contributed by atoms with Crippen LogP contribution in [0, 0.1) is 0 Å². The molecule has 5 N–H and O–H groups in total. The zero-order valence-electron chi connectivity index (χ0n) is 12.1. The lowest BCUT2D eigenvalue weighted by atomic mass is 10.1. The summed E-state index contributed by atoms with van der Waals surface area (Å²) in [5, 5.41) is 17.4. The first-order valence-corrected chi connectivity index (χ1v) is 6.79. The first-order valence-electron chi connectivity index (χ1n) is 6.79. The molecule has 0 bridgehead atoms. The first-order chi connectivity index (χ1) is 11.0. The molecule has 0 radical (unpaired) electrons. The number of carbonyl (C=O) groups excluding carboxylic acids is 1. The van der Waals surface area contributed by atoms with E-state index in [1.807, 2.05) is 0 Å². The van der Waals surface area contributed by atoms with Gasteiger partial charge in [0.15, 0.2) is 0 Å². The molecular weight excluding hydrogens is 300 g/mol. The van der Waals surface area contributed by atoms with E-state index in [1.165, 1.54) is 12.1 Å². The lowest BCUT2D eigenvalue weighted by Crippen LogP contribution is -2.32. The number of benzene rings is 2. The molecule has 1 atom stereocenters. The number of rotatable bonds is 6. The molecule has 1 amide bonds. The van der Waals surface area contributed by atoms with E-state index in [9.17, 15) is 9.59 Å². The Bertz CT molecular complexity index is 700. The van der Waals surface area contributed by atoms with Crippen LogP contribution in [-0.2, 0) is 11.2 Å². The monoisotopic (exact) mass is 316 g/mol. The van der Waals surface area contributed by atoms with Crippen molar-refractivity contribution in [3.8, 4) is 11.5 Å². The predicted octanol–water partition coefficient (Wildman–Crippen LogP) is 1.55. The van der Waals surface area contributed by atoms with Crippen molar-refractivity contribution in [1.82, 2.24) is 5.48 Å². The van der Waals surface area contributed by atoms with E-state index in [2.05, 4.69) is 0 Å². The van der Waals surface area contributed by atoms with Gasteiger partial charge in [0, 0.05) is 5.56 Å². The summed E-state index contributed by atoms with van der Waals surface area (Å²) in [5.41, 5.74) is 8.09. The van der Waals surface area contributed by atoms with Crippen molar-refractivity contribution in [1.29, 1.82) is 0 Å². The topological polar surface area (TPSA) is 122 Å². The number of carboxylic acid groups (broad SMARTS) is 1.